The van der Waals surface area contributed by atoms with E-state index in [0.717, 1.165) is 9.54 Å². The number of rotatable bonds is 3. The molecular formula is C12H13BrN2O3S. The summed E-state index contributed by atoms with van der Waals surface area (Å²) in [6, 6.07) is 3.23. The molecule has 1 aromatic heterocycles. The van der Waals surface area contributed by atoms with Gasteiger partial charge in [0.1, 0.15) is 16.5 Å². The van der Waals surface area contributed by atoms with Gasteiger partial charge >= 0.3 is 0 Å². The highest BCUT2D eigenvalue weighted by atomic mass is 79.9. The van der Waals surface area contributed by atoms with E-state index < -0.39 is 10.0 Å². The zero-order valence-electron chi connectivity index (χ0n) is 10.7. The third-order valence-electron chi connectivity index (χ3n) is 2.76. The van der Waals surface area contributed by atoms with Crippen LogP contribution in [0.5, 0.6) is 5.75 Å². The number of benzene rings is 1. The molecule has 1 aromatic carbocycles. The topological polar surface area (TPSA) is 61.2 Å². The molecule has 0 saturated heterocycles. The fourth-order valence-corrected chi connectivity index (χ4v) is 3.70. The van der Waals surface area contributed by atoms with Crippen LogP contribution < -0.4 is 4.74 Å². The van der Waals surface area contributed by atoms with Crippen LogP contribution >= 0.6 is 15.9 Å². The first kappa shape index (κ1) is 14.1. The Bertz CT molecular complexity index is 723. The summed E-state index contributed by atoms with van der Waals surface area (Å²) in [6.45, 7) is 3.50. The molecule has 0 spiro atoms. The third-order valence-corrected chi connectivity index (χ3v) is 5.40. The average molecular weight is 345 g/mol. The summed E-state index contributed by atoms with van der Waals surface area (Å²) in [5, 5.41) is 0. The smallest absolute Gasteiger partial charge is 0.272 e. The summed E-state index contributed by atoms with van der Waals surface area (Å²) < 4.78 is 32.2. The van der Waals surface area contributed by atoms with Crippen LogP contribution in [0.25, 0.3) is 0 Å². The number of imidazole rings is 1. The number of hydrogen-bond acceptors (Lipinski definition) is 4. The molecule has 0 saturated carbocycles. The zero-order chi connectivity index (χ0) is 14.2. The van der Waals surface area contributed by atoms with Gasteiger partial charge in [-0.25, -0.2) is 17.4 Å². The van der Waals surface area contributed by atoms with Crippen LogP contribution in [0, 0.1) is 13.8 Å². The van der Waals surface area contributed by atoms with Crippen LogP contribution in [0.15, 0.2) is 33.9 Å². The highest BCUT2D eigenvalue weighted by Gasteiger charge is 2.24. The van der Waals surface area contributed by atoms with Crippen LogP contribution in [0.4, 0.5) is 0 Å². The Kier molecular flexibility index (Phi) is 3.69. The van der Waals surface area contributed by atoms with Gasteiger partial charge in [-0.1, -0.05) is 15.9 Å². The number of methoxy groups -OCH3 is 1. The minimum absolute atomic E-state index is 0.105. The quantitative estimate of drug-likeness (QED) is 0.858. The molecule has 0 amide bonds. The Balaban J connectivity index is 2.71. The third kappa shape index (κ3) is 2.40. The summed E-state index contributed by atoms with van der Waals surface area (Å²) in [5.74, 6) is 0.715. The van der Waals surface area contributed by atoms with Crippen molar-refractivity contribution in [3.63, 3.8) is 0 Å². The maximum absolute atomic E-state index is 12.6. The van der Waals surface area contributed by atoms with Gasteiger partial charge in [0.05, 0.1) is 7.11 Å². The molecule has 1 heterocycles. The largest absolute Gasteiger partial charge is 0.495 e. The molecule has 0 bridgehead atoms. The number of ether oxygens (including phenoxy) is 1. The maximum Gasteiger partial charge on any atom is 0.272 e. The van der Waals surface area contributed by atoms with Gasteiger partial charge in [0.2, 0.25) is 0 Å². The van der Waals surface area contributed by atoms with E-state index in [0.29, 0.717) is 16.0 Å². The van der Waals surface area contributed by atoms with Gasteiger partial charge in [-0.2, -0.15) is 0 Å². The second-order valence-corrected chi connectivity index (χ2v) is 6.67. The van der Waals surface area contributed by atoms with Crippen LogP contribution in [0.2, 0.25) is 0 Å². The summed E-state index contributed by atoms with van der Waals surface area (Å²) in [5.41, 5.74) is 0.901. The standard InChI is InChI=1S/C12H13BrN2O3S/c1-8-6-11(18-3)12(7-10(8)13)19(16,17)15-5-4-14-9(15)2/h4-7H,1-3H3. The lowest BCUT2D eigenvalue weighted by molar-refractivity contribution is 0.402. The molecule has 0 aliphatic heterocycles. The van der Waals surface area contributed by atoms with Crippen LogP contribution in [-0.4, -0.2) is 24.5 Å². The SMILES string of the molecule is COc1cc(C)c(Br)cc1S(=O)(=O)n1ccnc1C. The molecule has 0 aliphatic rings. The molecule has 0 aliphatic carbocycles. The van der Waals surface area contributed by atoms with E-state index in [-0.39, 0.29) is 4.90 Å². The first-order valence-corrected chi connectivity index (χ1v) is 7.71. The highest BCUT2D eigenvalue weighted by molar-refractivity contribution is 9.10. The van der Waals surface area contributed by atoms with E-state index in [1.165, 1.54) is 19.5 Å². The second kappa shape index (κ2) is 4.97. The van der Waals surface area contributed by atoms with Gasteiger partial charge in [0.15, 0.2) is 0 Å². The highest BCUT2D eigenvalue weighted by Crippen LogP contribution is 2.31. The molecule has 0 radical (unpaired) electrons. The van der Waals surface area contributed by atoms with E-state index >= 15 is 0 Å². The predicted molar refractivity (Wildman–Crippen MR) is 75.0 cm³/mol. The van der Waals surface area contributed by atoms with Gasteiger partial charge < -0.3 is 4.74 Å². The molecule has 19 heavy (non-hydrogen) atoms. The first-order chi connectivity index (χ1) is 8.87. The Morgan fingerprint density at radius 2 is 2.00 bits per heavy atom. The van der Waals surface area contributed by atoms with E-state index in [4.69, 9.17) is 4.74 Å². The fourth-order valence-electron chi connectivity index (χ4n) is 1.72. The molecule has 0 fully saturated rings. The fraction of sp³-hybridized carbons (Fsp3) is 0.250. The zero-order valence-corrected chi connectivity index (χ0v) is 13.1. The summed E-state index contributed by atoms with van der Waals surface area (Å²) in [4.78, 5) is 4.04. The molecule has 7 heteroatoms. The minimum atomic E-state index is -3.71. The monoisotopic (exact) mass is 344 g/mol. The molecular weight excluding hydrogens is 332 g/mol. The Labute approximate surface area is 120 Å². The maximum atomic E-state index is 12.6. The summed E-state index contributed by atoms with van der Waals surface area (Å²) in [6.07, 6.45) is 2.86. The van der Waals surface area contributed by atoms with Gasteiger partial charge in [0, 0.05) is 16.9 Å². The van der Waals surface area contributed by atoms with Crippen molar-refractivity contribution >= 4 is 26.0 Å². The molecule has 0 unspecified atom stereocenters. The average Bonchev–Trinajstić information content (AvgIpc) is 2.79. The molecule has 0 N–H and O–H groups in total. The van der Waals surface area contributed by atoms with Gasteiger partial charge in [-0.15, -0.1) is 0 Å². The van der Waals surface area contributed by atoms with Crippen molar-refractivity contribution in [3.05, 3.63) is 40.4 Å². The number of aromatic nitrogens is 2. The van der Waals surface area contributed by atoms with Crippen LogP contribution in [-0.2, 0) is 10.0 Å². The Hall–Kier alpha value is -1.34. The Morgan fingerprint density at radius 1 is 1.32 bits per heavy atom. The van der Waals surface area contributed by atoms with Crippen molar-refractivity contribution in [2.45, 2.75) is 18.7 Å². The molecule has 102 valence electrons. The van der Waals surface area contributed by atoms with Crippen molar-refractivity contribution in [3.8, 4) is 5.75 Å². The molecule has 2 aromatic rings. The molecule has 2 rings (SSSR count). The lowest BCUT2D eigenvalue weighted by Crippen LogP contribution is -2.15. The summed E-state index contributed by atoms with van der Waals surface area (Å²) in [7, 11) is -2.26. The van der Waals surface area contributed by atoms with Gasteiger partial charge in [-0.05, 0) is 31.5 Å². The van der Waals surface area contributed by atoms with Gasteiger partial charge in [0.25, 0.3) is 10.0 Å². The number of hydrogen-bond donors (Lipinski definition) is 0. The molecule has 0 atom stereocenters. The lowest BCUT2D eigenvalue weighted by atomic mass is 10.2. The lowest BCUT2D eigenvalue weighted by Gasteiger charge is -2.13. The first-order valence-electron chi connectivity index (χ1n) is 5.47. The predicted octanol–water partition coefficient (Wildman–Crippen LogP) is 2.51. The normalized spacial score (nSPS) is 11.6. The Morgan fingerprint density at radius 3 is 2.53 bits per heavy atom. The molecule has 5 nitrogen and oxygen atoms in total. The van der Waals surface area contributed by atoms with E-state index in [1.807, 2.05) is 6.92 Å². The minimum Gasteiger partial charge on any atom is -0.495 e. The van der Waals surface area contributed by atoms with Crippen molar-refractivity contribution in [1.29, 1.82) is 0 Å². The van der Waals surface area contributed by atoms with Crippen molar-refractivity contribution in [2.75, 3.05) is 7.11 Å². The van der Waals surface area contributed by atoms with Crippen molar-refractivity contribution in [1.82, 2.24) is 8.96 Å². The van der Waals surface area contributed by atoms with Crippen LogP contribution in [0.3, 0.4) is 0 Å². The second-order valence-electron chi connectivity index (χ2n) is 4.03. The van der Waals surface area contributed by atoms with E-state index in [1.54, 1.807) is 19.1 Å². The van der Waals surface area contributed by atoms with E-state index in [9.17, 15) is 8.42 Å². The number of nitrogens with zero attached hydrogens (tertiary/aromatic N) is 2. The van der Waals surface area contributed by atoms with Crippen LogP contribution in [0.1, 0.15) is 11.4 Å². The van der Waals surface area contributed by atoms with Crippen molar-refractivity contribution in [2.24, 2.45) is 0 Å². The van der Waals surface area contributed by atoms with Crippen molar-refractivity contribution < 1.29 is 13.2 Å². The number of halogens is 1. The van der Waals surface area contributed by atoms with Gasteiger partial charge in [-0.3, -0.25) is 0 Å². The number of aryl methyl sites for hydroxylation is 2. The summed E-state index contributed by atoms with van der Waals surface area (Å²) >= 11 is 3.34. The van der Waals surface area contributed by atoms with E-state index in [2.05, 4.69) is 20.9 Å².